The number of aryl methyl sites for hydroxylation is 2. The van der Waals surface area contributed by atoms with Gasteiger partial charge in [-0.15, -0.1) is 0 Å². The van der Waals surface area contributed by atoms with Crippen LogP contribution in [0, 0.1) is 13.8 Å². The smallest absolute Gasteiger partial charge is 0.407 e. The maximum absolute atomic E-state index is 12.6. The molecule has 2 aromatic carbocycles. The van der Waals surface area contributed by atoms with E-state index in [9.17, 15) is 14.4 Å². The summed E-state index contributed by atoms with van der Waals surface area (Å²) in [5, 5.41) is 4.05. The van der Waals surface area contributed by atoms with Gasteiger partial charge in [0.15, 0.2) is 0 Å². The second-order valence-corrected chi connectivity index (χ2v) is 9.73. The van der Waals surface area contributed by atoms with Crippen molar-refractivity contribution < 1.29 is 23.5 Å². The van der Waals surface area contributed by atoms with Crippen LogP contribution in [-0.4, -0.2) is 28.8 Å². The highest BCUT2D eigenvalue weighted by Crippen LogP contribution is 2.34. The third-order valence-corrected chi connectivity index (χ3v) is 7.43. The molecule has 1 N–H and O–H groups in total. The highest BCUT2D eigenvalue weighted by atomic mass is 79.9. The van der Waals surface area contributed by atoms with Gasteiger partial charge in [-0.25, -0.2) is 9.59 Å². The standard InChI is InChI=1S/C25H25Br2NO6/c1-15-10-22(30)34-24-16(2)23(18(12-20(15)24)11-19(27)13-26)33-21(29)8-9-28-25(31)32-14-17-6-4-3-5-7-17/h3-7,10,12,19H,8-9,11,13-14H2,1-2H3,(H,28,31)/t19-/m1/s1. The van der Waals surface area contributed by atoms with Gasteiger partial charge >= 0.3 is 17.7 Å². The van der Waals surface area contributed by atoms with Crippen molar-refractivity contribution in [3.8, 4) is 5.75 Å². The first-order valence-electron chi connectivity index (χ1n) is 10.7. The molecule has 0 aliphatic carbocycles. The third-order valence-electron chi connectivity index (χ3n) is 5.13. The van der Waals surface area contributed by atoms with Crippen LogP contribution in [0.5, 0.6) is 5.75 Å². The van der Waals surface area contributed by atoms with E-state index < -0.39 is 17.7 Å². The molecule has 0 fully saturated rings. The average molecular weight is 595 g/mol. The molecule has 0 saturated carbocycles. The Morgan fingerprint density at radius 2 is 1.88 bits per heavy atom. The first-order valence-corrected chi connectivity index (χ1v) is 12.7. The number of ether oxygens (including phenoxy) is 2. The lowest BCUT2D eigenvalue weighted by Crippen LogP contribution is -2.28. The van der Waals surface area contributed by atoms with Crippen molar-refractivity contribution in [1.82, 2.24) is 5.32 Å². The van der Waals surface area contributed by atoms with Crippen molar-refractivity contribution in [3.63, 3.8) is 0 Å². The van der Waals surface area contributed by atoms with Crippen molar-refractivity contribution >= 4 is 54.9 Å². The number of hydrogen-bond acceptors (Lipinski definition) is 6. The predicted molar refractivity (Wildman–Crippen MR) is 137 cm³/mol. The Morgan fingerprint density at radius 3 is 2.59 bits per heavy atom. The van der Waals surface area contributed by atoms with Crippen molar-refractivity contribution in [1.29, 1.82) is 0 Å². The fourth-order valence-electron chi connectivity index (χ4n) is 3.45. The van der Waals surface area contributed by atoms with Crippen molar-refractivity contribution in [2.45, 2.75) is 38.1 Å². The summed E-state index contributed by atoms with van der Waals surface area (Å²) in [6.07, 6.45) is -0.0746. The molecule has 180 valence electrons. The van der Waals surface area contributed by atoms with Crippen LogP contribution < -0.4 is 15.7 Å². The topological polar surface area (TPSA) is 94.8 Å². The van der Waals surface area contributed by atoms with Gasteiger partial charge in [0.2, 0.25) is 0 Å². The number of esters is 1. The van der Waals surface area contributed by atoms with E-state index in [0.717, 1.165) is 22.1 Å². The summed E-state index contributed by atoms with van der Waals surface area (Å²) in [5.74, 6) is -0.157. The molecule has 1 amide bonds. The molecule has 9 heteroatoms. The number of carbonyl (C=O) groups is 2. The zero-order valence-electron chi connectivity index (χ0n) is 18.9. The molecular formula is C25H25Br2NO6. The molecule has 0 spiro atoms. The van der Waals surface area contributed by atoms with Gasteiger partial charge in [0.1, 0.15) is 17.9 Å². The Hall–Kier alpha value is -2.65. The summed E-state index contributed by atoms with van der Waals surface area (Å²) in [5.41, 5.74) is 2.97. The van der Waals surface area contributed by atoms with Gasteiger partial charge in [-0.3, -0.25) is 4.79 Å². The van der Waals surface area contributed by atoms with Crippen molar-refractivity contribution in [2.75, 3.05) is 11.9 Å². The van der Waals surface area contributed by atoms with Crippen LogP contribution in [0.15, 0.2) is 51.7 Å². The minimum absolute atomic E-state index is 0.0503. The van der Waals surface area contributed by atoms with Crippen LogP contribution in [-0.2, 0) is 22.6 Å². The molecule has 1 aromatic heterocycles. The lowest BCUT2D eigenvalue weighted by Gasteiger charge is -2.17. The number of halogens is 2. The van der Waals surface area contributed by atoms with Crippen LogP contribution in [0.3, 0.4) is 0 Å². The summed E-state index contributed by atoms with van der Waals surface area (Å²) < 4.78 is 16.2. The largest absolute Gasteiger partial charge is 0.445 e. The first kappa shape index (κ1) is 26.0. The van der Waals surface area contributed by atoms with E-state index in [4.69, 9.17) is 13.9 Å². The highest BCUT2D eigenvalue weighted by Gasteiger charge is 2.20. The van der Waals surface area contributed by atoms with Crippen LogP contribution in [0.4, 0.5) is 4.79 Å². The number of carbonyl (C=O) groups excluding carboxylic acids is 2. The molecule has 0 bridgehead atoms. The summed E-state index contributed by atoms with van der Waals surface area (Å²) in [6, 6.07) is 12.6. The molecule has 7 nitrogen and oxygen atoms in total. The Morgan fingerprint density at radius 1 is 1.15 bits per heavy atom. The molecule has 0 radical (unpaired) electrons. The molecular weight excluding hydrogens is 570 g/mol. The van der Waals surface area contributed by atoms with E-state index in [1.807, 2.05) is 43.3 Å². The Bertz CT molecular complexity index is 1230. The van der Waals surface area contributed by atoms with E-state index in [2.05, 4.69) is 37.2 Å². The number of rotatable bonds is 9. The molecule has 1 atom stereocenters. The molecule has 34 heavy (non-hydrogen) atoms. The van der Waals surface area contributed by atoms with Crippen LogP contribution in [0.25, 0.3) is 11.0 Å². The van der Waals surface area contributed by atoms with Crippen molar-refractivity contribution in [3.05, 3.63) is 75.1 Å². The predicted octanol–water partition coefficient (Wildman–Crippen LogP) is 5.33. The average Bonchev–Trinajstić information content (AvgIpc) is 2.81. The Labute approximate surface area is 214 Å². The molecule has 3 aromatic rings. The number of hydrogen-bond donors (Lipinski definition) is 1. The second-order valence-electron chi connectivity index (χ2n) is 7.78. The zero-order valence-corrected chi connectivity index (χ0v) is 22.0. The van der Waals surface area contributed by atoms with Gasteiger partial charge in [-0.2, -0.15) is 0 Å². The molecule has 0 aliphatic heterocycles. The third kappa shape index (κ3) is 6.93. The van der Waals surface area contributed by atoms with Gasteiger partial charge in [-0.05, 0) is 43.0 Å². The minimum Gasteiger partial charge on any atom is -0.445 e. The van der Waals surface area contributed by atoms with E-state index in [-0.39, 0.29) is 24.4 Å². The van der Waals surface area contributed by atoms with Gasteiger partial charge in [0.25, 0.3) is 0 Å². The van der Waals surface area contributed by atoms with Gasteiger partial charge in [0, 0.05) is 33.7 Å². The first-order chi connectivity index (χ1) is 16.3. The molecule has 1 heterocycles. The van der Waals surface area contributed by atoms with E-state index in [0.29, 0.717) is 28.6 Å². The summed E-state index contributed by atoms with van der Waals surface area (Å²) in [6.45, 7) is 3.80. The van der Waals surface area contributed by atoms with E-state index in [1.54, 1.807) is 6.92 Å². The molecule has 0 saturated heterocycles. The fourth-order valence-corrected chi connectivity index (χ4v) is 4.03. The number of amides is 1. The van der Waals surface area contributed by atoms with Crippen LogP contribution >= 0.6 is 31.9 Å². The number of benzene rings is 2. The van der Waals surface area contributed by atoms with Gasteiger partial charge < -0.3 is 19.2 Å². The molecule has 0 unspecified atom stereocenters. The van der Waals surface area contributed by atoms with E-state index in [1.165, 1.54) is 6.07 Å². The lowest BCUT2D eigenvalue weighted by molar-refractivity contribution is -0.134. The Balaban J connectivity index is 1.68. The SMILES string of the molecule is Cc1cc(=O)oc2c(C)c(OC(=O)CCNC(=O)OCc3ccccc3)c(C[C@@H](Br)CBr)cc12. The number of alkyl halides is 2. The van der Waals surface area contributed by atoms with Gasteiger partial charge in [-0.1, -0.05) is 62.2 Å². The van der Waals surface area contributed by atoms with Gasteiger partial charge in [0.05, 0.1) is 6.42 Å². The maximum Gasteiger partial charge on any atom is 0.407 e. The molecule has 3 rings (SSSR count). The molecule has 0 aliphatic rings. The summed E-state index contributed by atoms with van der Waals surface area (Å²) in [7, 11) is 0. The number of nitrogens with one attached hydrogen (secondary N) is 1. The zero-order chi connectivity index (χ0) is 24.7. The summed E-state index contributed by atoms with van der Waals surface area (Å²) >= 11 is 7.05. The minimum atomic E-state index is -0.615. The fraction of sp³-hybridized carbons (Fsp3) is 0.320. The number of alkyl carbamates (subject to hydrolysis) is 1. The highest BCUT2D eigenvalue weighted by molar-refractivity contribution is 9.12. The van der Waals surface area contributed by atoms with Crippen LogP contribution in [0.1, 0.15) is 28.7 Å². The Kier molecular flexibility index (Phi) is 9.29. The summed E-state index contributed by atoms with van der Waals surface area (Å²) in [4.78, 5) is 36.5. The normalized spacial score (nSPS) is 11.8. The monoisotopic (exact) mass is 593 g/mol. The van der Waals surface area contributed by atoms with Crippen molar-refractivity contribution in [2.24, 2.45) is 0 Å². The second kappa shape index (κ2) is 12.2. The number of fused-ring (bicyclic) bond motifs is 1. The van der Waals surface area contributed by atoms with Crippen LogP contribution in [0.2, 0.25) is 0 Å². The quantitative estimate of drug-likeness (QED) is 0.156. The maximum atomic E-state index is 12.6. The van der Waals surface area contributed by atoms with E-state index >= 15 is 0 Å². The lowest BCUT2D eigenvalue weighted by atomic mass is 9.99.